The molecule has 238 valence electrons. The first kappa shape index (κ1) is 30.0. The zero-order valence-corrected chi connectivity index (χ0v) is 25.6. The van der Waals surface area contributed by atoms with Crippen molar-refractivity contribution < 1.29 is 39.8 Å². The molecule has 7 rings (SSSR count). The van der Waals surface area contributed by atoms with E-state index in [1.807, 2.05) is 0 Å². The summed E-state index contributed by atoms with van der Waals surface area (Å²) in [7, 11) is 0. The van der Waals surface area contributed by atoms with Crippen LogP contribution in [0, 0.1) is 52.8 Å². The van der Waals surface area contributed by atoms with Crippen molar-refractivity contribution in [3.63, 3.8) is 0 Å². The topological polar surface area (TPSA) is 140 Å². The number of ether oxygens (including phenoxy) is 2. The van der Waals surface area contributed by atoms with Gasteiger partial charge in [-0.1, -0.05) is 13.8 Å². The van der Waals surface area contributed by atoms with E-state index in [4.69, 9.17) is 9.47 Å². The number of Topliss-reactive ketones (excluding diaryl/α,β-unsaturated/α-hetero) is 1. The molecule has 7 aliphatic rings. The maximum absolute atomic E-state index is 13.9. The van der Waals surface area contributed by atoms with E-state index in [1.165, 1.54) is 6.42 Å². The van der Waals surface area contributed by atoms with Crippen molar-refractivity contribution in [1.29, 1.82) is 0 Å². The average Bonchev–Trinajstić information content (AvgIpc) is 3.33. The first-order valence-electron chi connectivity index (χ1n) is 16.9. The molecule has 42 heavy (non-hydrogen) atoms. The van der Waals surface area contributed by atoms with Crippen molar-refractivity contribution in [2.24, 2.45) is 52.8 Å². The summed E-state index contributed by atoms with van der Waals surface area (Å²) in [6.07, 6.45) is 1.67. The van der Waals surface area contributed by atoms with Crippen LogP contribution < -0.4 is 0 Å². The van der Waals surface area contributed by atoms with Gasteiger partial charge in [-0.3, -0.25) is 9.69 Å². The van der Waals surface area contributed by atoms with E-state index in [0.29, 0.717) is 60.1 Å². The fourth-order valence-corrected chi connectivity index (χ4v) is 11.8. The van der Waals surface area contributed by atoms with Gasteiger partial charge in [0.1, 0.15) is 30.2 Å². The van der Waals surface area contributed by atoms with Crippen LogP contribution in [0.15, 0.2) is 0 Å². The first-order valence-corrected chi connectivity index (χ1v) is 16.9. The number of fused-ring (bicyclic) bond motifs is 8. The van der Waals surface area contributed by atoms with E-state index < -0.39 is 42.9 Å². The summed E-state index contributed by atoms with van der Waals surface area (Å²) in [6.45, 7) is 8.49. The van der Waals surface area contributed by atoms with Crippen LogP contribution in [0.4, 0.5) is 0 Å². The van der Waals surface area contributed by atoms with E-state index in [1.54, 1.807) is 0 Å². The Bertz CT molecular complexity index is 1040. The van der Waals surface area contributed by atoms with Gasteiger partial charge in [0.15, 0.2) is 6.29 Å². The highest BCUT2D eigenvalue weighted by atomic mass is 16.7. The zero-order valence-electron chi connectivity index (χ0n) is 25.6. The Morgan fingerprint density at radius 3 is 2.45 bits per heavy atom. The third-order valence-electron chi connectivity index (χ3n) is 14.0. The molecule has 4 aliphatic carbocycles. The Hall–Kier alpha value is -0.650. The third-order valence-corrected chi connectivity index (χ3v) is 14.0. The van der Waals surface area contributed by atoms with Crippen LogP contribution >= 0.6 is 0 Å². The molecule has 9 heteroatoms. The fourth-order valence-electron chi connectivity index (χ4n) is 11.8. The number of ketones is 1. The average molecular weight is 592 g/mol. The molecule has 3 heterocycles. The predicted octanol–water partition coefficient (Wildman–Crippen LogP) is 1.71. The lowest BCUT2D eigenvalue weighted by molar-refractivity contribution is -0.315. The molecule has 3 aliphatic heterocycles. The predicted molar refractivity (Wildman–Crippen MR) is 153 cm³/mol. The molecule has 0 aromatic heterocycles. The highest BCUT2D eigenvalue weighted by Gasteiger charge is 2.64. The van der Waals surface area contributed by atoms with Crippen LogP contribution in [0.3, 0.4) is 0 Å². The molecule has 0 bridgehead atoms. The van der Waals surface area contributed by atoms with Crippen LogP contribution in [0.1, 0.15) is 78.6 Å². The largest absolute Gasteiger partial charge is 0.394 e. The number of carbonyl (C=O) groups is 1. The summed E-state index contributed by atoms with van der Waals surface area (Å²) in [5, 5.41) is 52.4. The molecule has 17 atom stereocenters. The second-order valence-electron chi connectivity index (χ2n) is 16.0. The molecule has 5 N–H and O–H groups in total. The molecule has 9 nitrogen and oxygen atoms in total. The SMILES string of the molecule is C[C@@H]1CC[C@@H]2N(C1)C[C@@H]1[C@@H]3C[C@@H]4[C@H](CC(=O)[C@@H]5C[C@H](O[C@@H]6O[C@H](CO)[C@H](O)[C@H](O)[C@@H]6O)CC[C@]45C)[C@@H]3CC[C@H]1[C@@]2(C)O. The number of carbonyl (C=O) groups excluding carboxylic acids is 1. The summed E-state index contributed by atoms with van der Waals surface area (Å²) in [5.74, 6) is 3.79. The van der Waals surface area contributed by atoms with Gasteiger partial charge in [-0.15, -0.1) is 0 Å². The van der Waals surface area contributed by atoms with Gasteiger partial charge < -0.3 is 35.0 Å². The van der Waals surface area contributed by atoms with Gasteiger partial charge in [-0.05, 0) is 105 Å². The van der Waals surface area contributed by atoms with Crippen LogP contribution in [0.5, 0.6) is 0 Å². The Morgan fingerprint density at radius 1 is 0.905 bits per heavy atom. The highest BCUT2D eigenvalue weighted by Crippen LogP contribution is 2.66. The van der Waals surface area contributed by atoms with Crippen LogP contribution in [-0.2, 0) is 14.3 Å². The molecule has 0 aromatic rings. The molecule has 0 amide bonds. The molecule has 0 spiro atoms. The fraction of sp³-hybridized carbons (Fsp3) is 0.970. The summed E-state index contributed by atoms with van der Waals surface area (Å²) < 4.78 is 11.8. The normalized spacial score (nSPS) is 57.9. The summed E-state index contributed by atoms with van der Waals surface area (Å²) in [5.41, 5.74) is -0.745. The van der Waals surface area contributed by atoms with E-state index in [2.05, 4.69) is 25.7 Å². The van der Waals surface area contributed by atoms with E-state index >= 15 is 0 Å². The highest BCUT2D eigenvalue weighted by molar-refractivity contribution is 5.83. The number of rotatable bonds is 3. The van der Waals surface area contributed by atoms with Crippen molar-refractivity contribution >= 4 is 5.78 Å². The van der Waals surface area contributed by atoms with Crippen molar-refractivity contribution in [2.75, 3.05) is 19.7 Å². The van der Waals surface area contributed by atoms with Crippen molar-refractivity contribution in [3.8, 4) is 0 Å². The van der Waals surface area contributed by atoms with E-state index in [9.17, 15) is 30.3 Å². The van der Waals surface area contributed by atoms with Gasteiger partial charge in [0.2, 0.25) is 0 Å². The molecular formula is C33H53NO8. The van der Waals surface area contributed by atoms with Crippen molar-refractivity contribution in [1.82, 2.24) is 4.90 Å². The summed E-state index contributed by atoms with van der Waals surface area (Å²) in [6, 6.07) is 0.276. The first-order chi connectivity index (χ1) is 19.9. The minimum absolute atomic E-state index is 0.0958. The smallest absolute Gasteiger partial charge is 0.186 e. The lowest BCUT2D eigenvalue weighted by atomic mass is 9.51. The zero-order chi connectivity index (χ0) is 29.7. The second kappa shape index (κ2) is 10.7. The van der Waals surface area contributed by atoms with Gasteiger partial charge in [0, 0.05) is 31.5 Å². The lowest BCUT2D eigenvalue weighted by Gasteiger charge is -2.59. The Morgan fingerprint density at radius 2 is 1.69 bits per heavy atom. The van der Waals surface area contributed by atoms with Crippen molar-refractivity contribution in [3.05, 3.63) is 0 Å². The Labute approximate surface area is 249 Å². The van der Waals surface area contributed by atoms with Crippen LogP contribution in [0.25, 0.3) is 0 Å². The molecule has 0 unspecified atom stereocenters. The third kappa shape index (κ3) is 4.50. The minimum Gasteiger partial charge on any atom is -0.394 e. The maximum atomic E-state index is 13.9. The van der Waals surface area contributed by atoms with Crippen molar-refractivity contribution in [2.45, 2.75) is 127 Å². The van der Waals surface area contributed by atoms with Gasteiger partial charge in [0.25, 0.3) is 0 Å². The molecular weight excluding hydrogens is 538 g/mol. The monoisotopic (exact) mass is 591 g/mol. The molecule has 0 aromatic carbocycles. The molecule has 7 fully saturated rings. The number of piperidine rings is 2. The quantitative estimate of drug-likeness (QED) is 0.310. The number of aliphatic hydroxyl groups excluding tert-OH is 4. The number of hydrogen-bond donors (Lipinski definition) is 5. The van der Waals surface area contributed by atoms with Gasteiger partial charge in [0.05, 0.1) is 18.3 Å². The van der Waals surface area contributed by atoms with E-state index in [-0.39, 0.29) is 23.5 Å². The lowest BCUT2D eigenvalue weighted by Crippen LogP contribution is -2.67. The Kier molecular flexibility index (Phi) is 7.66. The number of aliphatic hydroxyl groups is 5. The van der Waals surface area contributed by atoms with Crippen LogP contribution in [-0.4, -0.2) is 104 Å². The Balaban J connectivity index is 1.07. The summed E-state index contributed by atoms with van der Waals surface area (Å²) >= 11 is 0. The van der Waals surface area contributed by atoms with Gasteiger partial charge in [-0.2, -0.15) is 0 Å². The second-order valence-corrected chi connectivity index (χ2v) is 16.0. The van der Waals surface area contributed by atoms with Gasteiger partial charge >= 0.3 is 0 Å². The molecule has 0 radical (unpaired) electrons. The molecule has 4 saturated carbocycles. The number of hydrogen-bond acceptors (Lipinski definition) is 9. The summed E-state index contributed by atoms with van der Waals surface area (Å²) in [4.78, 5) is 16.5. The maximum Gasteiger partial charge on any atom is 0.186 e. The van der Waals surface area contributed by atoms with E-state index in [0.717, 1.165) is 51.6 Å². The standard InChI is InChI=1S/C33H53NO8/c1-16-4-7-27-33(3,40)22-6-5-18-19(21(22)14-34(27)13-16)11-23-20(18)12-25(36)24-10-17(8-9-32(23,24)2)41-31-30(39)29(38)28(37)26(15-35)42-31/h16-24,26-31,35,37-40H,4-15H2,1-3H3/t16-,17-,18-,19-,20-,21-,22-,23-,24+,26-,27+,28+,29+,30+,31-,32-,33-/m1/s1. The molecule has 3 saturated heterocycles. The van der Waals surface area contributed by atoms with Crippen LogP contribution in [0.2, 0.25) is 0 Å². The number of nitrogens with zero attached hydrogens (tertiary/aromatic N) is 1. The van der Waals surface area contributed by atoms with Gasteiger partial charge in [-0.25, -0.2) is 0 Å². The minimum atomic E-state index is -1.47.